The minimum atomic E-state index is -3.18. The lowest BCUT2D eigenvalue weighted by atomic mass is 10.2. The Morgan fingerprint density at radius 1 is 1.53 bits per heavy atom. The first-order valence-electron chi connectivity index (χ1n) is 5.24. The van der Waals surface area contributed by atoms with Crippen LogP contribution in [-0.4, -0.2) is 37.9 Å². The lowest BCUT2D eigenvalue weighted by Gasteiger charge is -2.14. The molecule has 4 nitrogen and oxygen atoms in total. The summed E-state index contributed by atoms with van der Waals surface area (Å²) in [6.07, 6.45) is 1.69. The fraction of sp³-hybridized carbons (Fsp3) is 0.900. The first-order chi connectivity index (χ1) is 6.92. The minimum Gasteiger partial charge on any atom is -0.377 e. The Labute approximate surface area is 90.9 Å². The van der Waals surface area contributed by atoms with E-state index in [-0.39, 0.29) is 24.1 Å². The van der Waals surface area contributed by atoms with Gasteiger partial charge in [0.15, 0.2) is 9.84 Å². The summed E-state index contributed by atoms with van der Waals surface area (Å²) in [6.45, 7) is 3.66. The van der Waals surface area contributed by atoms with Crippen LogP contribution in [0.5, 0.6) is 0 Å². The summed E-state index contributed by atoms with van der Waals surface area (Å²) < 4.78 is 28.9. The zero-order valence-corrected chi connectivity index (χ0v) is 10.0. The second-order valence-electron chi connectivity index (χ2n) is 4.18. The maximum Gasteiger partial charge on any atom is 0.155 e. The van der Waals surface area contributed by atoms with Crippen molar-refractivity contribution in [2.24, 2.45) is 0 Å². The number of rotatable bonds is 5. The number of hydrogen-bond acceptors (Lipinski definition) is 4. The molecule has 0 amide bonds. The lowest BCUT2D eigenvalue weighted by Crippen LogP contribution is -2.29. The van der Waals surface area contributed by atoms with Crippen molar-refractivity contribution in [2.75, 3.05) is 12.4 Å². The molecule has 1 rings (SSSR count). The van der Waals surface area contributed by atoms with Crippen LogP contribution in [0.15, 0.2) is 0 Å². The van der Waals surface area contributed by atoms with Crippen molar-refractivity contribution in [3.05, 3.63) is 0 Å². The molecule has 1 aliphatic rings. The zero-order chi connectivity index (χ0) is 11.5. The number of ketones is 1. The third-order valence-electron chi connectivity index (χ3n) is 2.63. The number of hydrogen-bond donors (Lipinski definition) is 0. The summed E-state index contributed by atoms with van der Waals surface area (Å²) in [5.74, 6) is -0.0278. The van der Waals surface area contributed by atoms with E-state index in [9.17, 15) is 13.2 Å². The molecule has 1 fully saturated rings. The van der Waals surface area contributed by atoms with Gasteiger partial charge in [0.1, 0.15) is 5.78 Å². The second-order valence-corrected chi connectivity index (χ2v) is 6.65. The van der Waals surface area contributed by atoms with E-state index in [0.29, 0.717) is 6.61 Å². The molecule has 0 radical (unpaired) electrons. The molecule has 0 aromatic heterocycles. The van der Waals surface area contributed by atoms with Crippen LogP contribution in [0.2, 0.25) is 0 Å². The maximum atomic E-state index is 11.8. The fourth-order valence-corrected chi connectivity index (χ4v) is 3.33. The van der Waals surface area contributed by atoms with Gasteiger partial charge in [0.05, 0.1) is 17.1 Å². The summed E-state index contributed by atoms with van der Waals surface area (Å²) in [6, 6.07) is 0. The average Bonchev–Trinajstić information content (AvgIpc) is 2.54. The quantitative estimate of drug-likeness (QED) is 0.710. The van der Waals surface area contributed by atoms with Crippen molar-refractivity contribution in [1.82, 2.24) is 0 Å². The predicted octanol–water partition coefficient (Wildman–Crippen LogP) is 0.948. The highest BCUT2D eigenvalue weighted by Crippen LogP contribution is 2.17. The van der Waals surface area contributed by atoms with Gasteiger partial charge in [-0.25, -0.2) is 8.42 Å². The minimum absolute atomic E-state index is 0.0570. The number of carbonyl (C=O) groups excluding carboxylic acids is 1. The molecular weight excluding hydrogens is 216 g/mol. The highest BCUT2D eigenvalue weighted by molar-refractivity contribution is 7.92. The Morgan fingerprint density at radius 2 is 2.20 bits per heavy atom. The first-order valence-corrected chi connectivity index (χ1v) is 6.96. The SMILES string of the molecule is CC(=O)CC(C)S(=O)(=O)CC1CCCO1. The Bertz CT molecular complexity index is 314. The highest BCUT2D eigenvalue weighted by atomic mass is 32.2. The Hall–Kier alpha value is -0.420. The molecule has 1 saturated heterocycles. The summed E-state index contributed by atoms with van der Waals surface area (Å²) in [7, 11) is -3.18. The van der Waals surface area contributed by atoms with E-state index in [1.807, 2.05) is 0 Å². The fourth-order valence-electron chi connectivity index (χ4n) is 1.73. The van der Waals surface area contributed by atoms with E-state index in [4.69, 9.17) is 4.74 Å². The molecule has 0 aromatic carbocycles. The van der Waals surface area contributed by atoms with Crippen molar-refractivity contribution in [1.29, 1.82) is 0 Å². The van der Waals surface area contributed by atoms with Crippen LogP contribution in [0.25, 0.3) is 0 Å². The average molecular weight is 234 g/mol. The highest BCUT2D eigenvalue weighted by Gasteiger charge is 2.28. The molecule has 0 spiro atoms. The van der Waals surface area contributed by atoms with Crippen LogP contribution in [0, 0.1) is 0 Å². The largest absolute Gasteiger partial charge is 0.377 e. The molecule has 5 heteroatoms. The Kier molecular flexibility index (Phi) is 4.28. The van der Waals surface area contributed by atoms with E-state index < -0.39 is 15.1 Å². The summed E-state index contributed by atoms with van der Waals surface area (Å²) in [5.41, 5.74) is 0. The summed E-state index contributed by atoms with van der Waals surface area (Å²) >= 11 is 0. The molecule has 88 valence electrons. The zero-order valence-electron chi connectivity index (χ0n) is 9.23. The molecular formula is C10H18O4S. The van der Waals surface area contributed by atoms with Crippen molar-refractivity contribution in [2.45, 2.75) is 44.5 Å². The van der Waals surface area contributed by atoms with E-state index in [1.165, 1.54) is 6.92 Å². The third kappa shape index (κ3) is 3.91. The monoisotopic (exact) mass is 234 g/mol. The number of ether oxygens (including phenoxy) is 1. The number of carbonyl (C=O) groups is 1. The smallest absolute Gasteiger partial charge is 0.155 e. The van der Waals surface area contributed by atoms with Gasteiger partial charge in [0.25, 0.3) is 0 Å². The van der Waals surface area contributed by atoms with Gasteiger partial charge in [0.2, 0.25) is 0 Å². The standard InChI is InChI=1S/C10H18O4S/c1-8(11)6-9(2)15(12,13)7-10-4-3-5-14-10/h9-10H,3-7H2,1-2H3. The lowest BCUT2D eigenvalue weighted by molar-refractivity contribution is -0.116. The second kappa shape index (κ2) is 5.07. The van der Waals surface area contributed by atoms with Crippen LogP contribution in [0.1, 0.15) is 33.1 Å². The van der Waals surface area contributed by atoms with Gasteiger partial charge in [-0.05, 0) is 26.7 Å². The number of Topliss-reactive ketones (excluding diaryl/α,β-unsaturated/α-hetero) is 1. The Balaban J connectivity index is 2.53. The van der Waals surface area contributed by atoms with Gasteiger partial charge in [0, 0.05) is 13.0 Å². The van der Waals surface area contributed by atoms with E-state index in [2.05, 4.69) is 0 Å². The van der Waals surface area contributed by atoms with Crippen LogP contribution in [0.4, 0.5) is 0 Å². The molecule has 1 aliphatic heterocycles. The summed E-state index contributed by atoms with van der Waals surface area (Å²) in [5, 5.41) is -0.584. The van der Waals surface area contributed by atoms with Gasteiger partial charge in [-0.1, -0.05) is 0 Å². The maximum absolute atomic E-state index is 11.8. The van der Waals surface area contributed by atoms with Crippen molar-refractivity contribution in [3.63, 3.8) is 0 Å². The summed E-state index contributed by atoms with van der Waals surface area (Å²) in [4.78, 5) is 10.8. The molecule has 0 bridgehead atoms. The van der Waals surface area contributed by atoms with Gasteiger partial charge in [-0.2, -0.15) is 0 Å². The van der Waals surface area contributed by atoms with Crippen molar-refractivity contribution < 1.29 is 17.9 Å². The van der Waals surface area contributed by atoms with E-state index in [0.717, 1.165) is 12.8 Å². The topological polar surface area (TPSA) is 60.4 Å². The molecule has 0 saturated carbocycles. The van der Waals surface area contributed by atoms with Gasteiger partial charge in [-0.15, -0.1) is 0 Å². The molecule has 0 aromatic rings. The molecule has 2 atom stereocenters. The molecule has 0 aliphatic carbocycles. The normalized spacial score (nSPS) is 24.0. The molecule has 0 N–H and O–H groups in total. The van der Waals surface area contributed by atoms with Gasteiger partial charge >= 0.3 is 0 Å². The Morgan fingerprint density at radius 3 is 2.67 bits per heavy atom. The van der Waals surface area contributed by atoms with Gasteiger partial charge in [-0.3, -0.25) is 4.79 Å². The van der Waals surface area contributed by atoms with Crippen molar-refractivity contribution >= 4 is 15.6 Å². The number of sulfone groups is 1. The van der Waals surface area contributed by atoms with Crippen LogP contribution < -0.4 is 0 Å². The molecule has 15 heavy (non-hydrogen) atoms. The van der Waals surface area contributed by atoms with E-state index >= 15 is 0 Å². The molecule has 1 heterocycles. The first kappa shape index (κ1) is 12.6. The van der Waals surface area contributed by atoms with Gasteiger partial charge < -0.3 is 4.74 Å². The van der Waals surface area contributed by atoms with Crippen LogP contribution in [-0.2, 0) is 19.4 Å². The van der Waals surface area contributed by atoms with Crippen molar-refractivity contribution in [3.8, 4) is 0 Å². The van der Waals surface area contributed by atoms with Crippen LogP contribution in [0.3, 0.4) is 0 Å². The molecule has 2 unspecified atom stereocenters. The third-order valence-corrected chi connectivity index (χ3v) is 4.86. The predicted molar refractivity (Wildman–Crippen MR) is 57.5 cm³/mol. The van der Waals surface area contributed by atoms with Crippen LogP contribution >= 0.6 is 0 Å². The van der Waals surface area contributed by atoms with E-state index in [1.54, 1.807) is 6.92 Å².